The van der Waals surface area contributed by atoms with Gasteiger partial charge in [0.25, 0.3) is 0 Å². The molecule has 0 aromatic rings. The summed E-state index contributed by atoms with van der Waals surface area (Å²) >= 11 is 0. The fourth-order valence-corrected chi connectivity index (χ4v) is 2.52. The van der Waals surface area contributed by atoms with E-state index in [4.69, 9.17) is 9.47 Å². The number of esters is 1. The molecule has 0 spiro atoms. The Morgan fingerprint density at radius 1 is 1.25 bits per heavy atom. The molecule has 1 rings (SSSR count). The Hall–Kier alpha value is -1.14. The summed E-state index contributed by atoms with van der Waals surface area (Å²) in [6.45, 7) is 3.49. The van der Waals surface area contributed by atoms with E-state index in [1.54, 1.807) is 7.11 Å². The van der Waals surface area contributed by atoms with Crippen LogP contribution in [-0.2, 0) is 19.1 Å². The smallest absolute Gasteiger partial charge is 0.331 e. The number of amides is 1. The summed E-state index contributed by atoms with van der Waals surface area (Å²) in [6.07, 6.45) is 3.13. The minimum atomic E-state index is -0.846. The van der Waals surface area contributed by atoms with Crippen molar-refractivity contribution in [3.63, 3.8) is 0 Å². The zero-order chi connectivity index (χ0) is 15.0. The van der Waals surface area contributed by atoms with Crippen LogP contribution < -0.4 is 10.6 Å². The first kappa shape index (κ1) is 16.9. The van der Waals surface area contributed by atoms with Gasteiger partial charge in [0.05, 0.1) is 20.3 Å². The molecule has 6 heteroatoms. The van der Waals surface area contributed by atoms with Crippen LogP contribution in [0.2, 0.25) is 0 Å². The molecular formula is C14H26N2O4. The van der Waals surface area contributed by atoms with Crippen molar-refractivity contribution >= 4 is 11.9 Å². The molecule has 1 amide bonds. The van der Waals surface area contributed by atoms with Crippen molar-refractivity contribution in [2.75, 3.05) is 33.9 Å². The highest BCUT2D eigenvalue weighted by molar-refractivity contribution is 5.88. The van der Waals surface area contributed by atoms with Gasteiger partial charge >= 0.3 is 5.97 Å². The van der Waals surface area contributed by atoms with Crippen molar-refractivity contribution < 1.29 is 19.1 Å². The molecule has 1 saturated carbocycles. The summed E-state index contributed by atoms with van der Waals surface area (Å²) in [4.78, 5) is 24.0. The Morgan fingerprint density at radius 2 is 1.90 bits per heavy atom. The molecule has 116 valence electrons. The van der Waals surface area contributed by atoms with Crippen LogP contribution in [0.15, 0.2) is 0 Å². The predicted molar refractivity (Wildman–Crippen MR) is 75.3 cm³/mol. The average molecular weight is 286 g/mol. The number of rotatable bonds is 7. The number of carbonyl (C=O) groups excluding carboxylic acids is 2. The Kier molecular flexibility index (Phi) is 6.95. The fourth-order valence-electron chi connectivity index (χ4n) is 2.52. The molecule has 0 atom stereocenters. The summed E-state index contributed by atoms with van der Waals surface area (Å²) in [6, 6.07) is 0. The molecule has 0 unspecified atom stereocenters. The predicted octanol–water partition coefficient (Wildman–Crippen LogP) is 0.461. The lowest BCUT2D eigenvalue weighted by Gasteiger charge is -2.37. The van der Waals surface area contributed by atoms with E-state index in [9.17, 15) is 9.59 Å². The molecule has 20 heavy (non-hydrogen) atoms. The van der Waals surface area contributed by atoms with E-state index in [1.165, 1.54) is 7.11 Å². The van der Waals surface area contributed by atoms with Crippen LogP contribution in [0.4, 0.5) is 0 Å². The van der Waals surface area contributed by atoms with Gasteiger partial charge in [0.15, 0.2) is 0 Å². The van der Waals surface area contributed by atoms with Crippen LogP contribution in [0, 0.1) is 5.92 Å². The third-order valence-electron chi connectivity index (χ3n) is 3.85. The van der Waals surface area contributed by atoms with Gasteiger partial charge in [-0.25, -0.2) is 4.79 Å². The number of methoxy groups -OCH3 is 2. The van der Waals surface area contributed by atoms with Gasteiger partial charge in [0.2, 0.25) is 5.91 Å². The van der Waals surface area contributed by atoms with Crippen molar-refractivity contribution in [2.24, 2.45) is 5.92 Å². The highest BCUT2D eigenvalue weighted by Crippen LogP contribution is 2.32. The van der Waals surface area contributed by atoms with Gasteiger partial charge < -0.3 is 20.1 Å². The van der Waals surface area contributed by atoms with E-state index in [1.807, 2.05) is 0 Å². The third-order valence-corrected chi connectivity index (χ3v) is 3.85. The van der Waals surface area contributed by atoms with E-state index in [0.717, 1.165) is 12.8 Å². The van der Waals surface area contributed by atoms with Crippen LogP contribution in [0.3, 0.4) is 0 Å². The maximum absolute atomic E-state index is 12.0. The summed E-state index contributed by atoms with van der Waals surface area (Å²) in [5.41, 5.74) is -0.846. The molecule has 0 radical (unpaired) electrons. The lowest BCUT2D eigenvalue weighted by molar-refractivity contribution is -0.153. The first-order valence-corrected chi connectivity index (χ1v) is 7.13. The number of hydrogen-bond acceptors (Lipinski definition) is 5. The van der Waals surface area contributed by atoms with Gasteiger partial charge in [-0.05, 0) is 31.6 Å². The number of carbonyl (C=O) groups is 2. The van der Waals surface area contributed by atoms with Crippen LogP contribution in [0.1, 0.15) is 32.6 Å². The topological polar surface area (TPSA) is 76.7 Å². The molecule has 0 heterocycles. The molecule has 0 aliphatic heterocycles. The first-order valence-electron chi connectivity index (χ1n) is 7.13. The van der Waals surface area contributed by atoms with Gasteiger partial charge in [0.1, 0.15) is 5.54 Å². The summed E-state index contributed by atoms with van der Waals surface area (Å²) < 4.78 is 9.77. The molecule has 1 fully saturated rings. The fraction of sp³-hybridized carbons (Fsp3) is 0.857. The van der Waals surface area contributed by atoms with Crippen molar-refractivity contribution in [3.05, 3.63) is 0 Å². The second kappa shape index (κ2) is 8.21. The largest absolute Gasteiger partial charge is 0.467 e. The minimum Gasteiger partial charge on any atom is -0.467 e. The maximum atomic E-state index is 12.0. The molecule has 1 aliphatic carbocycles. The van der Waals surface area contributed by atoms with E-state index < -0.39 is 5.54 Å². The Balaban J connectivity index is 2.53. The van der Waals surface area contributed by atoms with Gasteiger partial charge in [-0.2, -0.15) is 0 Å². The van der Waals surface area contributed by atoms with E-state index >= 15 is 0 Å². The lowest BCUT2D eigenvalue weighted by Crippen LogP contribution is -2.58. The molecule has 0 aromatic heterocycles. The first-order chi connectivity index (χ1) is 9.54. The Bertz CT molecular complexity index is 325. The van der Waals surface area contributed by atoms with Crippen molar-refractivity contribution in [1.82, 2.24) is 10.6 Å². The minimum absolute atomic E-state index is 0.178. The van der Waals surface area contributed by atoms with Gasteiger partial charge in [-0.1, -0.05) is 6.92 Å². The third kappa shape index (κ3) is 4.76. The maximum Gasteiger partial charge on any atom is 0.331 e. The van der Waals surface area contributed by atoms with Crippen molar-refractivity contribution in [1.29, 1.82) is 0 Å². The van der Waals surface area contributed by atoms with Crippen molar-refractivity contribution in [2.45, 2.75) is 38.1 Å². The van der Waals surface area contributed by atoms with Gasteiger partial charge in [-0.15, -0.1) is 0 Å². The Labute approximate surface area is 120 Å². The summed E-state index contributed by atoms with van der Waals surface area (Å²) in [5, 5.41) is 5.83. The van der Waals surface area contributed by atoms with Gasteiger partial charge in [0, 0.05) is 13.7 Å². The number of hydrogen-bond donors (Lipinski definition) is 2. The van der Waals surface area contributed by atoms with E-state index in [2.05, 4.69) is 17.6 Å². The molecule has 6 nitrogen and oxygen atoms in total. The normalized spacial score (nSPS) is 26.1. The van der Waals surface area contributed by atoms with Crippen LogP contribution in [0.25, 0.3) is 0 Å². The highest BCUT2D eigenvalue weighted by atomic mass is 16.5. The molecule has 0 bridgehead atoms. The standard InChI is InChI=1S/C14H26N2O4/c1-11-4-6-14(7-5-11,13(18)20-3)16-12(17)10-15-8-9-19-2/h11,15H,4-10H2,1-3H3,(H,16,17). The second-order valence-corrected chi connectivity index (χ2v) is 5.47. The monoisotopic (exact) mass is 286 g/mol. The molecule has 0 aromatic carbocycles. The highest BCUT2D eigenvalue weighted by Gasteiger charge is 2.43. The number of nitrogens with one attached hydrogen (secondary N) is 2. The van der Waals surface area contributed by atoms with Crippen LogP contribution in [-0.4, -0.2) is 51.3 Å². The molecule has 2 N–H and O–H groups in total. The molecule has 1 aliphatic rings. The quantitative estimate of drug-likeness (QED) is 0.525. The SMILES string of the molecule is COCCNCC(=O)NC1(C(=O)OC)CCC(C)CC1. The zero-order valence-corrected chi connectivity index (χ0v) is 12.7. The summed E-state index contributed by atoms with van der Waals surface area (Å²) in [7, 11) is 2.97. The number of ether oxygens (including phenoxy) is 2. The summed E-state index contributed by atoms with van der Waals surface area (Å²) in [5.74, 6) is 0.0696. The van der Waals surface area contributed by atoms with Crippen molar-refractivity contribution in [3.8, 4) is 0 Å². The van der Waals surface area contributed by atoms with Crippen LogP contribution >= 0.6 is 0 Å². The van der Waals surface area contributed by atoms with Crippen LogP contribution in [0.5, 0.6) is 0 Å². The molecular weight excluding hydrogens is 260 g/mol. The second-order valence-electron chi connectivity index (χ2n) is 5.47. The lowest BCUT2D eigenvalue weighted by atomic mass is 9.77. The Morgan fingerprint density at radius 3 is 2.45 bits per heavy atom. The van der Waals surface area contributed by atoms with Gasteiger partial charge in [-0.3, -0.25) is 4.79 Å². The average Bonchev–Trinajstić information content (AvgIpc) is 2.45. The zero-order valence-electron chi connectivity index (χ0n) is 12.7. The molecule has 0 saturated heterocycles. The van der Waals surface area contributed by atoms with E-state index in [0.29, 0.717) is 31.9 Å². The van der Waals surface area contributed by atoms with E-state index in [-0.39, 0.29) is 18.4 Å².